The largest absolute Gasteiger partial charge is 0.316 e. The van der Waals surface area contributed by atoms with Gasteiger partial charge in [-0.2, -0.15) is 5.10 Å². The molecule has 0 aromatic carbocycles. The summed E-state index contributed by atoms with van der Waals surface area (Å²) in [5, 5.41) is 10.9. The molecule has 4 heteroatoms. The summed E-state index contributed by atoms with van der Waals surface area (Å²) >= 11 is 0. The van der Waals surface area contributed by atoms with Gasteiger partial charge in [0.1, 0.15) is 5.82 Å². The zero-order valence-electron chi connectivity index (χ0n) is 10.6. The monoisotopic (exact) mass is 234 g/mol. The van der Waals surface area contributed by atoms with Gasteiger partial charge in [0, 0.05) is 12.3 Å². The van der Waals surface area contributed by atoms with E-state index in [4.69, 9.17) is 0 Å². The summed E-state index contributed by atoms with van der Waals surface area (Å²) in [6.07, 6.45) is 6.28. The number of rotatable bonds is 4. The summed E-state index contributed by atoms with van der Waals surface area (Å²) in [6, 6.07) is 0. The quantitative estimate of drug-likeness (QED) is 0.836. The van der Waals surface area contributed by atoms with Crippen molar-refractivity contribution in [3.8, 4) is 0 Å². The third kappa shape index (κ3) is 2.68. The molecular weight excluding hydrogens is 212 g/mol. The molecule has 2 N–H and O–H groups in total. The van der Waals surface area contributed by atoms with Crippen LogP contribution in [0, 0.1) is 11.8 Å². The van der Waals surface area contributed by atoms with Crippen LogP contribution in [0.3, 0.4) is 0 Å². The molecule has 2 unspecified atom stereocenters. The summed E-state index contributed by atoms with van der Waals surface area (Å²) < 4.78 is 0. The Balaban J connectivity index is 1.56. The Kier molecular flexibility index (Phi) is 3.14. The van der Waals surface area contributed by atoms with E-state index in [1.807, 2.05) is 0 Å². The lowest BCUT2D eigenvalue weighted by Crippen LogP contribution is -2.34. The van der Waals surface area contributed by atoms with Crippen molar-refractivity contribution in [1.82, 2.24) is 20.5 Å². The lowest BCUT2D eigenvalue weighted by molar-refractivity contribution is 0.276. The maximum atomic E-state index is 4.62. The topological polar surface area (TPSA) is 53.6 Å². The lowest BCUT2D eigenvalue weighted by Gasteiger charge is -2.27. The summed E-state index contributed by atoms with van der Waals surface area (Å²) in [4.78, 5) is 4.62. The fraction of sp³-hybridized carbons (Fsp3) is 0.846. The number of H-pyrrole nitrogens is 1. The van der Waals surface area contributed by atoms with Gasteiger partial charge in [0.15, 0.2) is 5.82 Å². The molecular formula is C13H22N4. The van der Waals surface area contributed by atoms with E-state index >= 15 is 0 Å². The van der Waals surface area contributed by atoms with E-state index in [1.165, 1.54) is 38.8 Å². The number of aromatic nitrogens is 3. The summed E-state index contributed by atoms with van der Waals surface area (Å²) in [5.74, 6) is 4.30. The van der Waals surface area contributed by atoms with E-state index in [2.05, 4.69) is 27.4 Å². The third-order valence-corrected chi connectivity index (χ3v) is 4.15. The molecule has 0 spiro atoms. The number of nitrogens with one attached hydrogen (secondary N) is 2. The minimum absolute atomic E-state index is 0.659. The minimum atomic E-state index is 0.659. The van der Waals surface area contributed by atoms with Crippen LogP contribution in [0.4, 0.5) is 0 Å². The number of aromatic amines is 1. The molecule has 0 amide bonds. The summed E-state index contributed by atoms with van der Waals surface area (Å²) in [5.41, 5.74) is 0. The molecule has 3 rings (SSSR count). The van der Waals surface area contributed by atoms with Crippen LogP contribution in [0.15, 0.2) is 0 Å². The van der Waals surface area contributed by atoms with Crippen molar-refractivity contribution in [1.29, 1.82) is 0 Å². The standard InChI is InChI=1S/C13H22N4/c1-9(11-3-2-6-14-8-11)7-12-15-13(17-16-12)10-4-5-10/h9-11,14H,2-8H2,1H3,(H,15,16,17). The fourth-order valence-electron chi connectivity index (χ4n) is 2.76. The second-order valence-corrected chi connectivity index (χ2v) is 5.70. The van der Waals surface area contributed by atoms with Crippen LogP contribution in [-0.2, 0) is 6.42 Å². The molecule has 1 aromatic rings. The lowest BCUT2D eigenvalue weighted by atomic mass is 9.85. The van der Waals surface area contributed by atoms with Crippen LogP contribution in [0.25, 0.3) is 0 Å². The molecule has 1 saturated heterocycles. The first-order valence-corrected chi connectivity index (χ1v) is 6.95. The van der Waals surface area contributed by atoms with Crippen molar-refractivity contribution in [2.75, 3.05) is 13.1 Å². The molecule has 0 bridgehead atoms. The van der Waals surface area contributed by atoms with Crippen LogP contribution in [0.5, 0.6) is 0 Å². The highest BCUT2D eigenvalue weighted by Crippen LogP contribution is 2.37. The Labute approximate surface area is 103 Å². The van der Waals surface area contributed by atoms with Gasteiger partial charge in [0.25, 0.3) is 0 Å². The third-order valence-electron chi connectivity index (χ3n) is 4.15. The van der Waals surface area contributed by atoms with Gasteiger partial charge in [-0.25, -0.2) is 4.98 Å². The van der Waals surface area contributed by atoms with Gasteiger partial charge in [-0.1, -0.05) is 6.92 Å². The van der Waals surface area contributed by atoms with Crippen LogP contribution >= 0.6 is 0 Å². The van der Waals surface area contributed by atoms with Gasteiger partial charge < -0.3 is 5.32 Å². The first-order valence-electron chi connectivity index (χ1n) is 6.95. The molecule has 1 saturated carbocycles. The van der Waals surface area contributed by atoms with Gasteiger partial charge in [-0.05, 0) is 50.6 Å². The maximum absolute atomic E-state index is 4.62. The first-order chi connectivity index (χ1) is 8.33. The second kappa shape index (κ2) is 4.77. The number of hydrogen-bond donors (Lipinski definition) is 2. The minimum Gasteiger partial charge on any atom is -0.316 e. The fourth-order valence-corrected chi connectivity index (χ4v) is 2.76. The van der Waals surface area contributed by atoms with E-state index in [-0.39, 0.29) is 0 Å². The normalized spacial score (nSPS) is 27.0. The average molecular weight is 234 g/mol. The number of nitrogens with zero attached hydrogens (tertiary/aromatic N) is 2. The number of hydrogen-bond acceptors (Lipinski definition) is 3. The first kappa shape index (κ1) is 11.2. The molecule has 1 aliphatic heterocycles. The highest BCUT2D eigenvalue weighted by atomic mass is 15.2. The van der Waals surface area contributed by atoms with Crippen LogP contribution in [0.1, 0.15) is 50.2 Å². The van der Waals surface area contributed by atoms with Crippen LogP contribution < -0.4 is 5.32 Å². The van der Waals surface area contributed by atoms with Crippen molar-refractivity contribution in [3.05, 3.63) is 11.6 Å². The van der Waals surface area contributed by atoms with Crippen LogP contribution in [0.2, 0.25) is 0 Å². The Hall–Kier alpha value is -0.900. The molecule has 1 aromatic heterocycles. The Morgan fingerprint density at radius 3 is 2.94 bits per heavy atom. The number of piperidine rings is 1. The average Bonchev–Trinajstić information content (AvgIpc) is 3.12. The summed E-state index contributed by atoms with van der Waals surface area (Å²) in [7, 11) is 0. The smallest absolute Gasteiger partial charge is 0.153 e. The molecule has 2 fully saturated rings. The van der Waals surface area contributed by atoms with Crippen molar-refractivity contribution in [2.24, 2.45) is 11.8 Å². The molecule has 94 valence electrons. The SMILES string of the molecule is CC(Cc1nc(C2CC2)n[nH]1)C1CCCNC1. The van der Waals surface area contributed by atoms with Crippen molar-refractivity contribution >= 4 is 0 Å². The van der Waals surface area contributed by atoms with Gasteiger partial charge in [0.2, 0.25) is 0 Å². The van der Waals surface area contributed by atoms with Crippen molar-refractivity contribution in [2.45, 2.75) is 44.9 Å². The molecule has 17 heavy (non-hydrogen) atoms. The van der Waals surface area contributed by atoms with E-state index in [1.54, 1.807) is 0 Å². The van der Waals surface area contributed by atoms with E-state index < -0.39 is 0 Å². The Morgan fingerprint density at radius 1 is 1.35 bits per heavy atom. The predicted octanol–water partition coefficient (Wildman–Crippen LogP) is 1.86. The van der Waals surface area contributed by atoms with Gasteiger partial charge in [0.05, 0.1) is 0 Å². The zero-order valence-corrected chi connectivity index (χ0v) is 10.6. The van der Waals surface area contributed by atoms with Gasteiger partial charge >= 0.3 is 0 Å². The highest BCUT2D eigenvalue weighted by molar-refractivity contribution is 5.05. The van der Waals surface area contributed by atoms with E-state index in [0.717, 1.165) is 24.0 Å². The highest BCUT2D eigenvalue weighted by Gasteiger charge is 2.28. The van der Waals surface area contributed by atoms with Crippen molar-refractivity contribution in [3.63, 3.8) is 0 Å². The Bertz CT molecular complexity index is 363. The zero-order chi connectivity index (χ0) is 11.7. The molecule has 0 radical (unpaired) electrons. The second-order valence-electron chi connectivity index (χ2n) is 5.70. The van der Waals surface area contributed by atoms with Crippen molar-refractivity contribution < 1.29 is 0 Å². The van der Waals surface area contributed by atoms with Gasteiger partial charge in [-0.3, -0.25) is 5.10 Å². The summed E-state index contributed by atoms with van der Waals surface area (Å²) in [6.45, 7) is 4.71. The molecule has 2 aliphatic rings. The Morgan fingerprint density at radius 2 is 2.24 bits per heavy atom. The predicted molar refractivity (Wildman–Crippen MR) is 66.8 cm³/mol. The van der Waals surface area contributed by atoms with E-state index in [0.29, 0.717) is 11.8 Å². The maximum Gasteiger partial charge on any atom is 0.153 e. The van der Waals surface area contributed by atoms with E-state index in [9.17, 15) is 0 Å². The molecule has 2 heterocycles. The molecule has 4 nitrogen and oxygen atoms in total. The van der Waals surface area contributed by atoms with Gasteiger partial charge in [-0.15, -0.1) is 0 Å². The molecule has 2 atom stereocenters. The van der Waals surface area contributed by atoms with Crippen LogP contribution in [-0.4, -0.2) is 28.3 Å². The molecule has 1 aliphatic carbocycles.